The molecule has 3 aromatic rings. The first-order chi connectivity index (χ1) is 16.2. The van der Waals surface area contributed by atoms with E-state index in [0.29, 0.717) is 53.9 Å². The van der Waals surface area contributed by atoms with Gasteiger partial charge in [0.15, 0.2) is 5.58 Å². The van der Waals surface area contributed by atoms with E-state index in [-0.39, 0.29) is 5.91 Å². The number of hydrogen-bond donors (Lipinski definition) is 0. The van der Waals surface area contributed by atoms with E-state index in [4.69, 9.17) is 4.42 Å². The monoisotopic (exact) mass is 445 g/mol. The summed E-state index contributed by atoms with van der Waals surface area (Å²) in [7, 11) is 0. The van der Waals surface area contributed by atoms with Crippen LogP contribution in [-0.4, -0.2) is 52.8 Å². The predicted molar refractivity (Wildman–Crippen MR) is 128 cm³/mol. The van der Waals surface area contributed by atoms with Crippen LogP contribution in [0.2, 0.25) is 0 Å². The molecule has 0 unspecified atom stereocenters. The second-order valence-electron chi connectivity index (χ2n) is 9.30. The minimum atomic E-state index is 0.0263. The number of nitrogens with zero attached hydrogens (tertiary/aromatic N) is 3. The minimum absolute atomic E-state index is 0.0263. The number of piperidine rings is 1. The zero-order valence-electron chi connectivity index (χ0n) is 19.0. The van der Waals surface area contributed by atoms with Crippen molar-refractivity contribution in [2.24, 2.45) is 5.92 Å². The van der Waals surface area contributed by atoms with Crippen LogP contribution in [0, 0.1) is 5.92 Å². The van der Waals surface area contributed by atoms with E-state index in [1.807, 2.05) is 53.4 Å². The Morgan fingerprint density at radius 3 is 2.33 bits per heavy atom. The van der Waals surface area contributed by atoms with Gasteiger partial charge in [-0.05, 0) is 61.9 Å². The summed E-state index contributed by atoms with van der Waals surface area (Å²) in [4.78, 5) is 34.4. The van der Waals surface area contributed by atoms with E-state index in [1.165, 1.54) is 12.8 Å². The fourth-order valence-electron chi connectivity index (χ4n) is 4.98. The van der Waals surface area contributed by atoms with Gasteiger partial charge < -0.3 is 14.2 Å². The van der Waals surface area contributed by atoms with Gasteiger partial charge in [0.05, 0.1) is 0 Å². The molecule has 3 heterocycles. The normalized spacial score (nSPS) is 17.8. The van der Waals surface area contributed by atoms with E-state index in [0.717, 1.165) is 44.3 Å². The highest BCUT2D eigenvalue weighted by Gasteiger charge is 2.27. The number of fused-ring (bicyclic) bond motifs is 1. The Morgan fingerprint density at radius 2 is 1.61 bits per heavy atom. The molecule has 172 valence electrons. The average molecular weight is 446 g/mol. The topological polar surface area (TPSA) is 66.7 Å². The molecule has 2 aliphatic rings. The number of likely N-dealkylation sites (tertiary alicyclic amines) is 2. The van der Waals surface area contributed by atoms with Crippen LogP contribution in [-0.2, 0) is 4.79 Å². The maximum Gasteiger partial charge on any atom is 0.253 e. The molecule has 2 saturated heterocycles. The van der Waals surface area contributed by atoms with Crippen molar-refractivity contribution in [1.82, 2.24) is 14.8 Å². The fraction of sp³-hybridized carbons (Fsp3) is 0.444. The van der Waals surface area contributed by atoms with Crippen LogP contribution in [0.15, 0.2) is 52.9 Å². The number of amides is 2. The lowest BCUT2D eigenvalue weighted by atomic mass is 9.92. The van der Waals surface area contributed by atoms with Crippen LogP contribution in [0.25, 0.3) is 22.6 Å². The van der Waals surface area contributed by atoms with Crippen LogP contribution in [0.5, 0.6) is 0 Å². The Hall–Kier alpha value is -3.15. The van der Waals surface area contributed by atoms with Crippen LogP contribution in [0.3, 0.4) is 0 Å². The first-order valence-electron chi connectivity index (χ1n) is 12.2. The van der Waals surface area contributed by atoms with E-state index in [9.17, 15) is 9.59 Å². The molecule has 2 aliphatic heterocycles. The summed E-state index contributed by atoms with van der Waals surface area (Å²) in [6.07, 6.45) is 7.11. The van der Waals surface area contributed by atoms with E-state index in [2.05, 4.69) is 9.88 Å². The zero-order valence-corrected chi connectivity index (χ0v) is 19.0. The summed E-state index contributed by atoms with van der Waals surface area (Å²) < 4.78 is 5.87. The fourth-order valence-corrected chi connectivity index (χ4v) is 4.98. The van der Waals surface area contributed by atoms with Crippen LogP contribution < -0.4 is 0 Å². The highest BCUT2D eigenvalue weighted by molar-refractivity contribution is 5.97. The molecule has 1 aromatic heterocycles. The molecule has 33 heavy (non-hydrogen) atoms. The largest absolute Gasteiger partial charge is 0.436 e. The second kappa shape index (κ2) is 9.77. The van der Waals surface area contributed by atoms with Gasteiger partial charge in [0, 0.05) is 43.7 Å². The molecule has 0 atom stereocenters. The summed E-state index contributed by atoms with van der Waals surface area (Å²) in [5, 5.41) is 0. The quantitative estimate of drug-likeness (QED) is 0.558. The van der Waals surface area contributed by atoms with E-state index >= 15 is 0 Å². The van der Waals surface area contributed by atoms with Crippen molar-refractivity contribution in [2.45, 2.75) is 44.9 Å². The summed E-state index contributed by atoms with van der Waals surface area (Å²) in [5.41, 5.74) is 2.92. The molecule has 2 amide bonds. The molecular formula is C27H31N3O3. The third-order valence-corrected chi connectivity index (χ3v) is 6.98. The van der Waals surface area contributed by atoms with Crippen molar-refractivity contribution in [2.75, 3.05) is 26.2 Å². The third kappa shape index (κ3) is 4.95. The lowest BCUT2D eigenvalue weighted by molar-refractivity contribution is -0.132. The van der Waals surface area contributed by atoms with E-state index < -0.39 is 0 Å². The first kappa shape index (κ1) is 21.7. The summed E-state index contributed by atoms with van der Waals surface area (Å²) >= 11 is 0. The standard InChI is InChI=1S/C27H31N3O3/c31-25(29-14-6-1-2-7-15-29)18-20-12-16-30(17-13-20)27(32)22-10-11-24-23(19-22)28-26(33-24)21-8-4-3-5-9-21/h3-5,8-11,19-20H,1-2,6-7,12-18H2. The lowest BCUT2D eigenvalue weighted by Crippen LogP contribution is -2.40. The van der Waals surface area contributed by atoms with Gasteiger partial charge >= 0.3 is 0 Å². The molecule has 2 aromatic carbocycles. The minimum Gasteiger partial charge on any atom is -0.436 e. The summed E-state index contributed by atoms with van der Waals surface area (Å²) in [6.45, 7) is 3.21. The molecule has 0 N–H and O–H groups in total. The van der Waals surface area contributed by atoms with Crippen LogP contribution in [0.1, 0.15) is 55.3 Å². The molecule has 2 fully saturated rings. The Labute approximate surface area is 194 Å². The second-order valence-corrected chi connectivity index (χ2v) is 9.30. The van der Waals surface area contributed by atoms with Crippen molar-refractivity contribution in [1.29, 1.82) is 0 Å². The van der Waals surface area contributed by atoms with Gasteiger partial charge in [-0.2, -0.15) is 0 Å². The zero-order chi connectivity index (χ0) is 22.6. The molecule has 6 heteroatoms. The van der Waals surface area contributed by atoms with Crippen molar-refractivity contribution >= 4 is 22.9 Å². The van der Waals surface area contributed by atoms with Crippen molar-refractivity contribution < 1.29 is 14.0 Å². The molecule has 0 spiro atoms. The number of carbonyl (C=O) groups is 2. The maximum atomic E-state index is 13.1. The summed E-state index contributed by atoms with van der Waals surface area (Å²) in [6, 6.07) is 15.2. The number of oxazole rings is 1. The van der Waals surface area contributed by atoms with Gasteiger partial charge in [-0.3, -0.25) is 9.59 Å². The highest BCUT2D eigenvalue weighted by atomic mass is 16.3. The Kier molecular flexibility index (Phi) is 6.42. The van der Waals surface area contributed by atoms with Gasteiger partial charge in [-0.15, -0.1) is 0 Å². The highest BCUT2D eigenvalue weighted by Crippen LogP contribution is 2.27. The van der Waals surface area contributed by atoms with Gasteiger partial charge in [0.2, 0.25) is 11.8 Å². The lowest BCUT2D eigenvalue weighted by Gasteiger charge is -2.33. The molecular weight excluding hydrogens is 414 g/mol. The Morgan fingerprint density at radius 1 is 0.879 bits per heavy atom. The van der Waals surface area contributed by atoms with Crippen LogP contribution in [0.4, 0.5) is 0 Å². The molecule has 0 aliphatic carbocycles. The SMILES string of the molecule is O=C(CC1CCN(C(=O)c2ccc3oc(-c4ccccc4)nc3c2)CC1)N1CCCCCC1. The molecule has 0 saturated carbocycles. The van der Waals surface area contributed by atoms with Gasteiger partial charge in [-0.25, -0.2) is 4.98 Å². The van der Waals surface area contributed by atoms with Crippen molar-refractivity contribution in [3.05, 3.63) is 54.1 Å². The Balaban J connectivity index is 1.19. The molecule has 5 rings (SSSR count). The van der Waals surface area contributed by atoms with Crippen molar-refractivity contribution in [3.8, 4) is 11.5 Å². The first-order valence-corrected chi connectivity index (χ1v) is 12.2. The number of benzene rings is 2. The van der Waals surface area contributed by atoms with Crippen molar-refractivity contribution in [3.63, 3.8) is 0 Å². The summed E-state index contributed by atoms with van der Waals surface area (Å²) in [5.74, 6) is 1.26. The van der Waals surface area contributed by atoms with Gasteiger partial charge in [0.1, 0.15) is 5.52 Å². The number of carbonyl (C=O) groups excluding carboxylic acids is 2. The molecule has 0 bridgehead atoms. The Bertz CT molecular complexity index is 1110. The smallest absolute Gasteiger partial charge is 0.253 e. The number of aromatic nitrogens is 1. The third-order valence-electron chi connectivity index (χ3n) is 6.98. The number of rotatable bonds is 4. The van der Waals surface area contributed by atoms with E-state index in [1.54, 1.807) is 0 Å². The molecule has 0 radical (unpaired) electrons. The predicted octanol–water partition coefficient (Wildman–Crippen LogP) is 5.14. The van der Waals surface area contributed by atoms with Gasteiger partial charge in [-0.1, -0.05) is 31.0 Å². The molecule has 6 nitrogen and oxygen atoms in total. The maximum absolute atomic E-state index is 13.1. The average Bonchev–Trinajstić information content (AvgIpc) is 3.09. The van der Waals surface area contributed by atoms with Gasteiger partial charge in [0.25, 0.3) is 5.91 Å². The number of hydrogen-bond acceptors (Lipinski definition) is 4. The van der Waals surface area contributed by atoms with Crippen LogP contribution >= 0.6 is 0 Å².